The van der Waals surface area contributed by atoms with Gasteiger partial charge in [-0.3, -0.25) is 0 Å². The van der Waals surface area contributed by atoms with Crippen molar-refractivity contribution in [3.63, 3.8) is 0 Å². The number of benzene rings is 1. The van der Waals surface area contributed by atoms with Gasteiger partial charge < -0.3 is 15.5 Å². The molecule has 1 aliphatic rings. The molecule has 3 rings (SSSR count). The summed E-state index contributed by atoms with van der Waals surface area (Å²) in [4.78, 5) is 9.81. The smallest absolute Gasteiger partial charge is 0.358 e. The van der Waals surface area contributed by atoms with Crippen LogP contribution in [0.5, 0.6) is 0 Å². The molecule has 2 aromatic rings. The number of thiocarbonyl (C=S) groups is 1. The van der Waals surface area contributed by atoms with Gasteiger partial charge in [-0.25, -0.2) is 4.98 Å². The van der Waals surface area contributed by atoms with Crippen molar-refractivity contribution in [2.45, 2.75) is 44.9 Å². The maximum Gasteiger partial charge on any atom is 0.433 e. The fourth-order valence-corrected chi connectivity index (χ4v) is 3.31. The molecule has 0 amide bonds. The van der Waals surface area contributed by atoms with E-state index in [4.69, 9.17) is 12.2 Å². The number of nitrogens with one attached hydrogen (secondary N) is 2. The Kier molecular flexibility index (Phi) is 6.33. The number of hydrogen-bond acceptors (Lipinski definition) is 4. The molecule has 5 nitrogen and oxygen atoms in total. The summed E-state index contributed by atoms with van der Waals surface area (Å²) in [6.07, 6.45) is -1.65. The van der Waals surface area contributed by atoms with Gasteiger partial charge in [-0.1, -0.05) is 30.3 Å². The van der Waals surface area contributed by atoms with Crippen LogP contribution in [0.1, 0.15) is 37.4 Å². The Morgan fingerprint density at radius 2 is 1.96 bits per heavy atom. The average Bonchev–Trinajstić information content (AvgIpc) is 2.66. The van der Waals surface area contributed by atoms with E-state index in [1.54, 1.807) is 0 Å². The second-order valence-corrected chi connectivity index (χ2v) is 7.17. The number of rotatable bonds is 4. The van der Waals surface area contributed by atoms with Gasteiger partial charge in [0.05, 0.1) is 0 Å². The summed E-state index contributed by atoms with van der Waals surface area (Å²) < 4.78 is 40.0. The van der Waals surface area contributed by atoms with E-state index in [9.17, 15) is 13.2 Å². The molecule has 1 unspecified atom stereocenters. The SMILES string of the molecule is CC1CCCCN1c1cc(C(F)(F)F)nc(NC(=S)NCc2ccccc2)n1. The van der Waals surface area contributed by atoms with E-state index in [2.05, 4.69) is 20.6 Å². The average molecular weight is 409 g/mol. The molecule has 1 aromatic carbocycles. The summed E-state index contributed by atoms with van der Waals surface area (Å²) in [5.74, 6) is 0.107. The third kappa shape index (κ3) is 5.31. The molecule has 1 fully saturated rings. The van der Waals surface area contributed by atoms with Gasteiger partial charge in [0.2, 0.25) is 5.95 Å². The van der Waals surface area contributed by atoms with E-state index in [1.807, 2.05) is 42.2 Å². The molecule has 0 radical (unpaired) electrons. The van der Waals surface area contributed by atoms with Crippen LogP contribution in [0.25, 0.3) is 0 Å². The highest BCUT2D eigenvalue weighted by molar-refractivity contribution is 7.80. The summed E-state index contributed by atoms with van der Waals surface area (Å²) >= 11 is 5.20. The number of anilines is 2. The van der Waals surface area contributed by atoms with Crippen molar-refractivity contribution in [3.05, 3.63) is 47.7 Å². The molecule has 1 atom stereocenters. The standard InChI is InChI=1S/C19H22F3N5S/c1-13-7-5-6-10-27(13)16-11-15(19(20,21)22)24-17(25-16)26-18(28)23-12-14-8-3-2-4-9-14/h2-4,8-9,11,13H,5-7,10,12H2,1H3,(H2,23,24,25,26,28). The van der Waals surface area contributed by atoms with Crippen LogP contribution < -0.4 is 15.5 Å². The van der Waals surface area contributed by atoms with Crippen LogP contribution in [0.2, 0.25) is 0 Å². The zero-order valence-corrected chi connectivity index (χ0v) is 16.3. The topological polar surface area (TPSA) is 53.1 Å². The van der Waals surface area contributed by atoms with E-state index in [1.165, 1.54) is 0 Å². The third-order valence-electron chi connectivity index (χ3n) is 4.62. The van der Waals surface area contributed by atoms with E-state index in [-0.39, 0.29) is 22.9 Å². The molecule has 2 heterocycles. The molecular formula is C19H22F3N5S. The molecule has 150 valence electrons. The molecule has 28 heavy (non-hydrogen) atoms. The predicted octanol–water partition coefficient (Wildman–Crippen LogP) is 4.36. The molecule has 1 aromatic heterocycles. The quantitative estimate of drug-likeness (QED) is 0.732. The summed E-state index contributed by atoms with van der Waals surface area (Å²) in [6.45, 7) is 3.11. The fourth-order valence-electron chi connectivity index (χ4n) is 3.15. The lowest BCUT2D eigenvalue weighted by molar-refractivity contribution is -0.141. The Morgan fingerprint density at radius 3 is 2.64 bits per heavy atom. The Morgan fingerprint density at radius 1 is 1.21 bits per heavy atom. The monoisotopic (exact) mass is 409 g/mol. The van der Waals surface area contributed by atoms with Crippen molar-refractivity contribution in [3.8, 4) is 0 Å². The van der Waals surface area contributed by atoms with Gasteiger partial charge in [-0.2, -0.15) is 18.2 Å². The lowest BCUT2D eigenvalue weighted by atomic mass is 10.0. The molecule has 0 spiro atoms. The Bertz CT molecular complexity index is 813. The van der Waals surface area contributed by atoms with Gasteiger partial charge >= 0.3 is 6.18 Å². The fraction of sp³-hybridized carbons (Fsp3) is 0.421. The first-order valence-electron chi connectivity index (χ1n) is 9.14. The van der Waals surface area contributed by atoms with E-state index < -0.39 is 11.9 Å². The predicted molar refractivity (Wildman–Crippen MR) is 107 cm³/mol. The first kappa shape index (κ1) is 20.3. The maximum absolute atomic E-state index is 13.3. The third-order valence-corrected chi connectivity index (χ3v) is 4.87. The van der Waals surface area contributed by atoms with Crippen LogP contribution in [-0.2, 0) is 12.7 Å². The first-order chi connectivity index (χ1) is 13.3. The maximum atomic E-state index is 13.3. The molecule has 1 aliphatic heterocycles. The largest absolute Gasteiger partial charge is 0.433 e. The number of nitrogens with zero attached hydrogens (tertiary/aromatic N) is 3. The van der Waals surface area contributed by atoms with Crippen LogP contribution in [0.15, 0.2) is 36.4 Å². The Balaban J connectivity index is 1.77. The first-order valence-corrected chi connectivity index (χ1v) is 9.55. The summed E-state index contributed by atoms with van der Waals surface area (Å²) in [5, 5.41) is 5.82. The van der Waals surface area contributed by atoms with Crippen LogP contribution >= 0.6 is 12.2 Å². The van der Waals surface area contributed by atoms with Crippen molar-refractivity contribution in [2.24, 2.45) is 0 Å². The molecule has 9 heteroatoms. The van der Waals surface area contributed by atoms with Gasteiger partial charge in [0, 0.05) is 25.2 Å². The van der Waals surface area contributed by atoms with Gasteiger partial charge in [0.15, 0.2) is 10.8 Å². The highest BCUT2D eigenvalue weighted by atomic mass is 32.1. The number of aromatic nitrogens is 2. The van der Waals surface area contributed by atoms with Crippen molar-refractivity contribution in [1.29, 1.82) is 0 Å². The van der Waals surface area contributed by atoms with E-state index >= 15 is 0 Å². The second kappa shape index (κ2) is 8.72. The van der Waals surface area contributed by atoms with Crippen LogP contribution in [0.3, 0.4) is 0 Å². The minimum atomic E-state index is -4.56. The van der Waals surface area contributed by atoms with E-state index in [0.29, 0.717) is 13.1 Å². The van der Waals surface area contributed by atoms with Gasteiger partial charge in [-0.15, -0.1) is 0 Å². The molecule has 0 aliphatic carbocycles. The molecule has 2 N–H and O–H groups in total. The molecule has 0 bridgehead atoms. The van der Waals surface area contributed by atoms with E-state index in [0.717, 1.165) is 30.9 Å². The second-order valence-electron chi connectivity index (χ2n) is 6.76. The number of piperidine rings is 1. The number of halogens is 3. The molecule has 0 saturated carbocycles. The van der Waals surface area contributed by atoms with Crippen LogP contribution in [0, 0.1) is 0 Å². The van der Waals surface area contributed by atoms with Crippen molar-refractivity contribution >= 4 is 29.1 Å². The van der Waals surface area contributed by atoms with Crippen LogP contribution in [-0.4, -0.2) is 27.7 Å². The molecular weight excluding hydrogens is 387 g/mol. The Hall–Kier alpha value is -2.42. The Labute approximate surface area is 167 Å². The van der Waals surface area contributed by atoms with Crippen molar-refractivity contribution in [1.82, 2.24) is 15.3 Å². The highest BCUT2D eigenvalue weighted by Gasteiger charge is 2.35. The van der Waals surface area contributed by atoms with Crippen molar-refractivity contribution in [2.75, 3.05) is 16.8 Å². The van der Waals surface area contributed by atoms with Gasteiger partial charge in [-0.05, 0) is 44.0 Å². The summed E-state index contributed by atoms with van der Waals surface area (Å²) in [6, 6.07) is 10.7. The lowest BCUT2D eigenvalue weighted by Gasteiger charge is -2.34. The van der Waals surface area contributed by atoms with Gasteiger partial charge in [0.1, 0.15) is 5.82 Å². The number of alkyl halides is 3. The lowest BCUT2D eigenvalue weighted by Crippen LogP contribution is -2.38. The molecule has 1 saturated heterocycles. The zero-order chi connectivity index (χ0) is 20.1. The number of hydrogen-bond donors (Lipinski definition) is 2. The van der Waals surface area contributed by atoms with Crippen molar-refractivity contribution < 1.29 is 13.2 Å². The summed E-state index contributed by atoms with van der Waals surface area (Å²) in [5.41, 5.74) is 0.0167. The highest BCUT2D eigenvalue weighted by Crippen LogP contribution is 2.32. The summed E-state index contributed by atoms with van der Waals surface area (Å²) in [7, 11) is 0. The zero-order valence-electron chi connectivity index (χ0n) is 15.5. The van der Waals surface area contributed by atoms with Crippen LogP contribution in [0.4, 0.5) is 24.9 Å². The normalized spacial score (nSPS) is 17.3. The minimum Gasteiger partial charge on any atom is -0.358 e. The van der Waals surface area contributed by atoms with Gasteiger partial charge in [0.25, 0.3) is 0 Å². The minimum absolute atomic E-state index is 0.126.